The Labute approximate surface area is 127 Å². The van der Waals surface area contributed by atoms with E-state index in [0.29, 0.717) is 5.41 Å². The van der Waals surface area contributed by atoms with Gasteiger partial charge in [0.25, 0.3) is 0 Å². The third-order valence-corrected chi connectivity index (χ3v) is 5.88. The highest BCUT2D eigenvalue weighted by Crippen LogP contribution is 2.71. The van der Waals surface area contributed by atoms with Crippen molar-refractivity contribution < 1.29 is 9.18 Å². The van der Waals surface area contributed by atoms with E-state index < -0.39 is 5.67 Å². The summed E-state index contributed by atoms with van der Waals surface area (Å²) < 4.78 is 13.3. The van der Waals surface area contributed by atoms with Crippen LogP contribution in [-0.2, 0) is 4.79 Å². The van der Waals surface area contributed by atoms with E-state index in [4.69, 9.17) is 0 Å². The van der Waals surface area contributed by atoms with Gasteiger partial charge in [-0.15, -0.1) is 0 Å². The fourth-order valence-corrected chi connectivity index (χ4v) is 4.64. The lowest BCUT2D eigenvalue weighted by atomic mass is 9.41. The lowest BCUT2D eigenvalue weighted by molar-refractivity contribution is -0.217. The van der Waals surface area contributed by atoms with Crippen molar-refractivity contribution in [3.05, 3.63) is 0 Å². The van der Waals surface area contributed by atoms with Crippen LogP contribution in [0.15, 0.2) is 0 Å². The minimum atomic E-state index is -0.708. The first-order valence-corrected chi connectivity index (χ1v) is 9.35. The number of carbonyl (C=O) groups is 1. The molecule has 0 saturated heterocycles. The van der Waals surface area contributed by atoms with E-state index in [0.717, 1.165) is 25.0 Å². The Bertz CT molecular complexity index is 309. The van der Waals surface area contributed by atoms with Crippen LogP contribution in [0.2, 0.25) is 0 Å². The van der Waals surface area contributed by atoms with Crippen LogP contribution in [0.4, 0.5) is 4.39 Å². The van der Waals surface area contributed by atoms with Gasteiger partial charge in [0.05, 0.1) is 0 Å². The second-order valence-corrected chi connectivity index (χ2v) is 8.37. The molecule has 0 N–H and O–H groups in total. The van der Waals surface area contributed by atoms with Crippen LogP contribution < -0.4 is 0 Å². The molecule has 3 heteroatoms. The molecule has 3 aliphatic carbocycles. The maximum atomic E-state index is 13.3. The maximum Gasteiger partial charge on any atom is 0.185 e. The third kappa shape index (κ3) is 4.75. The smallest absolute Gasteiger partial charge is 0.185 e. The van der Waals surface area contributed by atoms with E-state index in [1.807, 2.05) is 0 Å². The Morgan fingerprint density at radius 3 is 1.95 bits per heavy atom. The molecule has 0 aromatic rings. The summed E-state index contributed by atoms with van der Waals surface area (Å²) >= 11 is 1.45. The summed E-state index contributed by atoms with van der Waals surface area (Å²) in [5, 5.41) is 0.243. The Hall–Kier alpha value is -0.0500. The van der Waals surface area contributed by atoms with Crippen LogP contribution in [0.3, 0.4) is 0 Å². The van der Waals surface area contributed by atoms with Crippen molar-refractivity contribution in [2.75, 3.05) is 5.75 Å². The van der Waals surface area contributed by atoms with Crippen molar-refractivity contribution in [2.24, 2.45) is 5.41 Å². The number of rotatable bonds is 11. The number of thioether (sulfide) groups is 1. The minimum absolute atomic E-state index is 0.243. The molecule has 2 bridgehead atoms. The second kappa shape index (κ2) is 7.29. The number of alkyl halides is 1. The fourth-order valence-electron chi connectivity index (χ4n) is 4.00. The molecule has 0 atom stereocenters. The molecular formula is C17H29FOS. The van der Waals surface area contributed by atoms with Gasteiger partial charge in [-0.25, -0.2) is 4.39 Å². The Morgan fingerprint density at radius 2 is 1.45 bits per heavy atom. The van der Waals surface area contributed by atoms with Crippen LogP contribution in [0, 0.1) is 5.41 Å². The van der Waals surface area contributed by atoms with E-state index in [-0.39, 0.29) is 5.12 Å². The molecule has 3 saturated carbocycles. The minimum Gasteiger partial charge on any atom is -0.288 e. The largest absolute Gasteiger partial charge is 0.288 e. The van der Waals surface area contributed by atoms with Crippen molar-refractivity contribution in [2.45, 2.75) is 89.6 Å². The summed E-state index contributed by atoms with van der Waals surface area (Å²) in [6.45, 7) is 1.64. The standard InChI is InChI=1S/C17H29FOS/c1-15(19)20-11-9-7-5-3-2-4-6-8-10-16-12-17(18,13-16)14-16/h2-14H2,1H3. The van der Waals surface area contributed by atoms with Gasteiger partial charge < -0.3 is 0 Å². The molecule has 0 unspecified atom stereocenters. The average Bonchev–Trinajstić information content (AvgIpc) is 2.31. The maximum absolute atomic E-state index is 13.3. The van der Waals surface area contributed by atoms with E-state index in [1.165, 1.54) is 69.5 Å². The van der Waals surface area contributed by atoms with Crippen molar-refractivity contribution >= 4 is 16.9 Å². The number of hydrogen-bond acceptors (Lipinski definition) is 2. The Morgan fingerprint density at radius 1 is 0.950 bits per heavy atom. The summed E-state index contributed by atoms with van der Waals surface area (Å²) in [5.74, 6) is 0.994. The molecule has 0 aromatic carbocycles. The zero-order valence-electron chi connectivity index (χ0n) is 12.9. The second-order valence-electron chi connectivity index (χ2n) is 7.10. The third-order valence-electron chi connectivity index (χ3n) is 4.98. The number of halogens is 1. The zero-order valence-corrected chi connectivity index (χ0v) is 13.7. The molecule has 0 aliphatic heterocycles. The van der Waals surface area contributed by atoms with Gasteiger partial charge in [0.2, 0.25) is 0 Å². The van der Waals surface area contributed by atoms with Gasteiger partial charge >= 0.3 is 0 Å². The van der Waals surface area contributed by atoms with Gasteiger partial charge in [-0.2, -0.15) is 0 Å². The topological polar surface area (TPSA) is 17.1 Å². The molecule has 0 aromatic heterocycles. The Kier molecular flexibility index (Phi) is 5.95. The van der Waals surface area contributed by atoms with Crippen molar-refractivity contribution in [1.82, 2.24) is 0 Å². The quantitative estimate of drug-likeness (QED) is 0.457. The van der Waals surface area contributed by atoms with Gasteiger partial charge in [0.15, 0.2) is 5.12 Å². The molecular weight excluding hydrogens is 271 g/mol. The highest BCUT2D eigenvalue weighted by Gasteiger charge is 2.68. The van der Waals surface area contributed by atoms with Crippen molar-refractivity contribution in [3.63, 3.8) is 0 Å². The Balaban J connectivity index is 1.29. The predicted octanol–water partition coefficient (Wildman–Crippen LogP) is 5.67. The summed E-state index contributed by atoms with van der Waals surface area (Å²) in [4.78, 5) is 10.7. The summed E-state index contributed by atoms with van der Waals surface area (Å²) in [6, 6.07) is 0. The summed E-state index contributed by atoms with van der Waals surface area (Å²) in [6.07, 6.45) is 14.3. The van der Waals surface area contributed by atoms with Gasteiger partial charge in [0, 0.05) is 12.7 Å². The number of unbranched alkanes of at least 4 members (excludes halogenated alkanes) is 7. The highest BCUT2D eigenvalue weighted by molar-refractivity contribution is 8.13. The molecule has 0 heterocycles. The molecule has 20 heavy (non-hydrogen) atoms. The normalized spacial score (nSPS) is 30.7. The van der Waals surface area contributed by atoms with Crippen LogP contribution >= 0.6 is 11.8 Å². The lowest BCUT2D eigenvalue weighted by Crippen LogP contribution is -2.64. The zero-order chi connectivity index (χ0) is 14.5. The van der Waals surface area contributed by atoms with Gasteiger partial charge in [-0.3, -0.25) is 4.79 Å². The van der Waals surface area contributed by atoms with Crippen LogP contribution in [-0.4, -0.2) is 16.5 Å². The molecule has 0 spiro atoms. The van der Waals surface area contributed by atoms with E-state index in [2.05, 4.69) is 0 Å². The molecule has 0 amide bonds. The molecule has 3 aliphatic rings. The SMILES string of the molecule is CC(=O)SCCCCCCCCCCC12CC(F)(C1)C2. The van der Waals surface area contributed by atoms with Crippen LogP contribution in [0.1, 0.15) is 84.0 Å². The number of carbonyl (C=O) groups excluding carboxylic acids is 1. The van der Waals surface area contributed by atoms with Gasteiger partial charge in [-0.1, -0.05) is 56.7 Å². The van der Waals surface area contributed by atoms with E-state index in [1.54, 1.807) is 6.92 Å². The fraction of sp³-hybridized carbons (Fsp3) is 0.941. The molecule has 116 valence electrons. The average molecular weight is 300 g/mol. The van der Waals surface area contributed by atoms with Crippen molar-refractivity contribution in [1.29, 1.82) is 0 Å². The molecule has 3 rings (SSSR count). The summed E-state index contributed by atoms with van der Waals surface area (Å²) in [7, 11) is 0. The first-order chi connectivity index (χ1) is 9.54. The molecule has 0 radical (unpaired) electrons. The van der Waals surface area contributed by atoms with Gasteiger partial charge in [-0.05, 0) is 37.5 Å². The van der Waals surface area contributed by atoms with Crippen molar-refractivity contribution in [3.8, 4) is 0 Å². The first kappa shape index (κ1) is 16.3. The number of hydrogen-bond donors (Lipinski definition) is 0. The predicted molar refractivity (Wildman–Crippen MR) is 84.8 cm³/mol. The summed E-state index contributed by atoms with van der Waals surface area (Å²) in [5.41, 5.74) is -0.246. The first-order valence-electron chi connectivity index (χ1n) is 8.36. The van der Waals surface area contributed by atoms with E-state index in [9.17, 15) is 9.18 Å². The monoisotopic (exact) mass is 300 g/mol. The lowest BCUT2D eigenvalue weighted by Gasteiger charge is -2.66. The van der Waals surface area contributed by atoms with Crippen LogP contribution in [0.5, 0.6) is 0 Å². The van der Waals surface area contributed by atoms with E-state index >= 15 is 0 Å². The highest BCUT2D eigenvalue weighted by atomic mass is 32.2. The molecule has 1 nitrogen and oxygen atoms in total. The van der Waals surface area contributed by atoms with Gasteiger partial charge in [0.1, 0.15) is 5.67 Å². The van der Waals surface area contributed by atoms with Crippen LogP contribution in [0.25, 0.3) is 0 Å². The molecule has 3 fully saturated rings.